The minimum Gasteiger partial charge on any atom is -0.359 e. The molecule has 0 bridgehead atoms. The number of Topliss-reactive ketones (excluding diaryl/α,β-unsaturated/α-hetero) is 1. The number of aromatic nitrogens is 3. The van der Waals surface area contributed by atoms with Crippen LogP contribution in [0.5, 0.6) is 0 Å². The summed E-state index contributed by atoms with van der Waals surface area (Å²) in [6, 6.07) is 19.0. The molecule has 5 rings (SSSR count). The third kappa shape index (κ3) is 5.08. The van der Waals surface area contributed by atoms with Crippen molar-refractivity contribution in [2.45, 2.75) is 45.4 Å². The minimum atomic E-state index is 0.354. The first kappa shape index (κ1) is 19.7. The maximum atomic E-state index is 12.2. The van der Waals surface area contributed by atoms with Crippen LogP contribution in [0, 0.1) is 12.8 Å². The van der Waals surface area contributed by atoms with Crippen LogP contribution >= 0.6 is 0 Å². The first-order chi connectivity index (χ1) is 15.1. The molecule has 0 atom stereocenters. The molecular formula is C27H27N3O. The summed E-state index contributed by atoms with van der Waals surface area (Å²) in [5.74, 6) is 1.82. The van der Waals surface area contributed by atoms with Gasteiger partial charge in [-0.3, -0.25) is 4.79 Å². The number of fused-ring (bicyclic) bond motifs is 1. The van der Waals surface area contributed by atoms with Crippen LogP contribution in [-0.2, 0) is 24.1 Å². The van der Waals surface area contributed by atoms with Crippen molar-refractivity contribution in [2.24, 2.45) is 5.92 Å². The number of carbonyl (C=O) groups is 1. The van der Waals surface area contributed by atoms with E-state index in [0.29, 0.717) is 24.5 Å². The number of carbonyl (C=O) groups excluding carboxylic acids is 1. The van der Waals surface area contributed by atoms with Gasteiger partial charge in [-0.15, -0.1) is 0 Å². The van der Waals surface area contributed by atoms with Crippen molar-refractivity contribution in [3.8, 4) is 0 Å². The SMILES string of the molecule is Cc1cc2cc(Cc3ccnc(Cc4cccc(CC(=O)CC5CC5)c4)n3)ccc2[nH]1. The van der Waals surface area contributed by atoms with Crippen molar-refractivity contribution in [3.63, 3.8) is 0 Å². The van der Waals surface area contributed by atoms with Crippen molar-refractivity contribution in [2.75, 3.05) is 0 Å². The van der Waals surface area contributed by atoms with Crippen LogP contribution in [0.3, 0.4) is 0 Å². The van der Waals surface area contributed by atoms with Gasteiger partial charge in [0.2, 0.25) is 0 Å². The highest BCUT2D eigenvalue weighted by atomic mass is 16.1. The molecule has 0 unspecified atom stereocenters. The highest BCUT2D eigenvalue weighted by Gasteiger charge is 2.24. The number of hydrogen-bond acceptors (Lipinski definition) is 3. The minimum absolute atomic E-state index is 0.354. The quantitative estimate of drug-likeness (QED) is 0.426. The largest absolute Gasteiger partial charge is 0.359 e. The van der Waals surface area contributed by atoms with E-state index in [0.717, 1.165) is 35.5 Å². The van der Waals surface area contributed by atoms with Crippen molar-refractivity contribution >= 4 is 16.7 Å². The molecule has 1 fully saturated rings. The Morgan fingerprint density at radius 1 is 1.00 bits per heavy atom. The predicted octanol–water partition coefficient (Wildman–Crippen LogP) is 5.36. The number of ketones is 1. The maximum absolute atomic E-state index is 12.2. The lowest BCUT2D eigenvalue weighted by molar-refractivity contribution is -0.118. The van der Waals surface area contributed by atoms with Gasteiger partial charge < -0.3 is 4.98 Å². The number of aryl methyl sites for hydroxylation is 1. The topological polar surface area (TPSA) is 58.6 Å². The molecule has 4 nitrogen and oxygen atoms in total. The van der Waals surface area contributed by atoms with Crippen molar-refractivity contribution in [1.29, 1.82) is 0 Å². The molecule has 1 saturated carbocycles. The van der Waals surface area contributed by atoms with E-state index < -0.39 is 0 Å². The van der Waals surface area contributed by atoms with Gasteiger partial charge in [0.25, 0.3) is 0 Å². The Morgan fingerprint density at radius 3 is 2.71 bits per heavy atom. The molecule has 4 aromatic rings. The summed E-state index contributed by atoms with van der Waals surface area (Å²) in [5.41, 5.74) is 6.85. The van der Waals surface area contributed by atoms with E-state index in [2.05, 4.69) is 53.3 Å². The average molecular weight is 410 g/mol. The first-order valence-electron chi connectivity index (χ1n) is 11.1. The number of aromatic amines is 1. The molecule has 0 amide bonds. The molecular weight excluding hydrogens is 382 g/mol. The zero-order valence-corrected chi connectivity index (χ0v) is 17.9. The molecule has 0 spiro atoms. The van der Waals surface area contributed by atoms with Gasteiger partial charge in [0.15, 0.2) is 0 Å². The average Bonchev–Trinajstić information content (AvgIpc) is 3.46. The molecule has 2 aromatic carbocycles. The number of nitrogens with one attached hydrogen (secondary N) is 1. The second-order valence-corrected chi connectivity index (χ2v) is 8.87. The van der Waals surface area contributed by atoms with Gasteiger partial charge in [-0.1, -0.05) is 30.3 Å². The summed E-state index contributed by atoms with van der Waals surface area (Å²) in [5, 5.41) is 1.23. The van der Waals surface area contributed by atoms with Crippen LogP contribution in [0.15, 0.2) is 60.8 Å². The lowest BCUT2D eigenvalue weighted by atomic mass is 10.0. The Hall–Kier alpha value is -3.27. The third-order valence-electron chi connectivity index (χ3n) is 5.94. The van der Waals surface area contributed by atoms with Gasteiger partial charge in [0, 0.05) is 48.8 Å². The van der Waals surface area contributed by atoms with Gasteiger partial charge in [-0.2, -0.15) is 0 Å². The summed E-state index contributed by atoms with van der Waals surface area (Å²) in [6.07, 6.45) is 7.02. The van der Waals surface area contributed by atoms with Crippen molar-refractivity contribution in [1.82, 2.24) is 15.0 Å². The van der Waals surface area contributed by atoms with E-state index in [9.17, 15) is 4.79 Å². The highest BCUT2D eigenvalue weighted by molar-refractivity contribution is 5.81. The molecule has 1 N–H and O–H groups in total. The lowest BCUT2D eigenvalue weighted by Crippen LogP contribution is -2.05. The zero-order chi connectivity index (χ0) is 21.2. The standard InChI is InChI=1S/C27H27N3O/c1-18-11-23-13-22(7-8-26(23)29-18)14-24-9-10-28-27(30-24)17-21-4-2-3-20(12-21)16-25(31)15-19-5-6-19/h2-4,7-13,19,29H,5-6,14-17H2,1H3. The van der Waals surface area contributed by atoms with Gasteiger partial charge >= 0.3 is 0 Å². The van der Waals surface area contributed by atoms with E-state index in [4.69, 9.17) is 4.98 Å². The monoisotopic (exact) mass is 409 g/mol. The van der Waals surface area contributed by atoms with Gasteiger partial charge in [-0.25, -0.2) is 9.97 Å². The van der Waals surface area contributed by atoms with Crippen LogP contribution in [-0.4, -0.2) is 20.7 Å². The second kappa shape index (κ2) is 8.46. The van der Waals surface area contributed by atoms with Gasteiger partial charge in [-0.05, 0) is 72.0 Å². The number of rotatable bonds is 8. The molecule has 1 aliphatic rings. The molecule has 31 heavy (non-hydrogen) atoms. The molecule has 2 aromatic heterocycles. The van der Waals surface area contributed by atoms with Crippen molar-refractivity contribution in [3.05, 3.63) is 94.7 Å². The maximum Gasteiger partial charge on any atom is 0.137 e. The van der Waals surface area contributed by atoms with E-state index >= 15 is 0 Å². The molecule has 0 radical (unpaired) electrons. The van der Waals surface area contributed by atoms with Crippen LogP contribution in [0.25, 0.3) is 10.9 Å². The lowest BCUT2D eigenvalue weighted by Gasteiger charge is -2.07. The van der Waals surface area contributed by atoms with E-state index in [-0.39, 0.29) is 0 Å². The van der Waals surface area contributed by atoms with Crippen LogP contribution in [0.4, 0.5) is 0 Å². The first-order valence-corrected chi connectivity index (χ1v) is 11.1. The third-order valence-corrected chi connectivity index (χ3v) is 5.94. The smallest absolute Gasteiger partial charge is 0.137 e. The Labute approximate surface area is 182 Å². The normalized spacial score (nSPS) is 13.6. The summed E-state index contributed by atoms with van der Waals surface area (Å²) in [4.78, 5) is 24.9. The number of nitrogens with zero attached hydrogens (tertiary/aromatic N) is 2. The van der Waals surface area contributed by atoms with Crippen LogP contribution in [0.2, 0.25) is 0 Å². The van der Waals surface area contributed by atoms with Gasteiger partial charge in [0.1, 0.15) is 11.6 Å². The zero-order valence-electron chi connectivity index (χ0n) is 17.9. The Kier molecular flexibility index (Phi) is 5.37. The Morgan fingerprint density at radius 2 is 1.84 bits per heavy atom. The number of H-pyrrole nitrogens is 1. The number of hydrogen-bond donors (Lipinski definition) is 1. The summed E-state index contributed by atoms with van der Waals surface area (Å²) >= 11 is 0. The fourth-order valence-corrected chi connectivity index (χ4v) is 4.25. The van der Waals surface area contributed by atoms with E-state index in [1.165, 1.54) is 35.0 Å². The molecule has 4 heteroatoms. The van der Waals surface area contributed by atoms with E-state index in [1.54, 1.807) is 0 Å². The summed E-state index contributed by atoms with van der Waals surface area (Å²) in [7, 11) is 0. The summed E-state index contributed by atoms with van der Waals surface area (Å²) in [6.45, 7) is 2.08. The molecule has 0 saturated heterocycles. The molecule has 2 heterocycles. The van der Waals surface area contributed by atoms with Crippen LogP contribution < -0.4 is 0 Å². The number of benzene rings is 2. The summed E-state index contributed by atoms with van der Waals surface area (Å²) < 4.78 is 0. The fraction of sp³-hybridized carbons (Fsp3) is 0.296. The van der Waals surface area contributed by atoms with Crippen LogP contribution in [0.1, 0.15) is 53.2 Å². The fourth-order valence-electron chi connectivity index (χ4n) is 4.25. The second-order valence-electron chi connectivity index (χ2n) is 8.87. The Balaban J connectivity index is 1.27. The van der Waals surface area contributed by atoms with Crippen molar-refractivity contribution < 1.29 is 4.79 Å². The van der Waals surface area contributed by atoms with E-state index in [1.807, 2.05) is 24.4 Å². The predicted molar refractivity (Wildman–Crippen MR) is 123 cm³/mol. The highest BCUT2D eigenvalue weighted by Crippen LogP contribution is 2.32. The Bertz CT molecular complexity index is 1240. The molecule has 0 aliphatic heterocycles. The molecule has 1 aliphatic carbocycles. The molecule has 156 valence electrons. The van der Waals surface area contributed by atoms with Gasteiger partial charge in [0.05, 0.1) is 0 Å².